The molecule has 68 heavy (non-hydrogen) atoms. The molecule has 29 heteroatoms. The average Bonchev–Trinajstić information content (AvgIpc) is 4.20. The van der Waals surface area contributed by atoms with E-state index >= 15 is 0 Å². The van der Waals surface area contributed by atoms with Gasteiger partial charge in [0.1, 0.15) is 0 Å². The van der Waals surface area contributed by atoms with Gasteiger partial charge in [-0.3, -0.25) is 49.7 Å². The molecule has 0 saturated heterocycles. The number of hydrogen-bond donors (Lipinski definition) is 6. The van der Waals surface area contributed by atoms with Gasteiger partial charge >= 0.3 is 22.5 Å². The van der Waals surface area contributed by atoms with Crippen LogP contribution in [0.15, 0.2) is 88.5 Å². The molecule has 5 aromatic carbocycles. The second-order valence-electron chi connectivity index (χ2n) is 12.7. The van der Waals surface area contributed by atoms with Crippen molar-refractivity contribution >= 4 is 39.5 Å². The molecule has 5 aliphatic rings. The lowest BCUT2D eigenvalue weighted by Gasteiger charge is -2.00. The van der Waals surface area contributed by atoms with Crippen LogP contribution in [0.4, 0.5) is 28.4 Å². The van der Waals surface area contributed by atoms with E-state index in [4.69, 9.17) is 69.4 Å². The number of nitro groups is 3. The maximum absolute atomic E-state index is 11.1. The van der Waals surface area contributed by atoms with Gasteiger partial charge in [0.25, 0.3) is 5.69 Å². The van der Waals surface area contributed by atoms with Crippen LogP contribution in [0.2, 0.25) is 0 Å². The van der Waals surface area contributed by atoms with E-state index in [2.05, 4.69) is 19.7 Å². The molecule has 1 aromatic heterocycles. The number of anilines is 2. The van der Waals surface area contributed by atoms with Gasteiger partial charge in [-0.1, -0.05) is 12.1 Å². The summed E-state index contributed by atoms with van der Waals surface area (Å²) in [5.41, 5.74) is 10.6. The van der Waals surface area contributed by atoms with E-state index in [1.165, 1.54) is 30.4 Å². The number of ether oxygens (including phenoxy) is 10. The minimum Gasteiger partial charge on any atom is -0.454 e. The third-order valence-corrected chi connectivity index (χ3v) is 8.63. The monoisotopic (exact) mass is 949 g/mol. The quantitative estimate of drug-likeness (QED) is 0.0358. The molecule has 6 aromatic rings. The summed E-state index contributed by atoms with van der Waals surface area (Å²) in [5.74, 6) is 5.42. The van der Waals surface area contributed by atoms with Crippen molar-refractivity contribution in [2.24, 2.45) is 0 Å². The summed E-state index contributed by atoms with van der Waals surface area (Å²) in [5, 5.41) is 46.0. The van der Waals surface area contributed by atoms with Crippen molar-refractivity contribution in [1.82, 2.24) is 9.97 Å². The Hall–Kier alpha value is -10.1. The number of H-pyrrole nitrogens is 2. The first-order valence-corrected chi connectivity index (χ1v) is 18.5. The van der Waals surface area contributed by atoms with Crippen molar-refractivity contribution in [1.29, 1.82) is 0 Å². The number of fused-ring (bicyclic) bond motifs is 6. The molecule has 0 unspecified atom stereocenters. The molecule has 6 heterocycles. The molecular weight excluding hydrogens is 918 g/mol. The van der Waals surface area contributed by atoms with E-state index in [-0.39, 0.29) is 44.4 Å². The number of benzene rings is 5. The lowest BCUT2D eigenvalue weighted by molar-refractivity contribution is -0.422. The predicted octanol–water partition coefficient (Wildman–Crippen LogP) is 4.38. The lowest BCUT2D eigenvalue weighted by Crippen LogP contribution is -2.28. The Bertz CT molecular complexity index is 2870. The number of nitrogen functional groups attached to an aromatic ring is 2. The van der Waals surface area contributed by atoms with Gasteiger partial charge in [-0.05, 0) is 18.2 Å². The van der Waals surface area contributed by atoms with Gasteiger partial charge in [0.05, 0.1) is 55.4 Å². The topological polar surface area (TPSA) is 398 Å². The third-order valence-electron chi connectivity index (χ3n) is 8.63. The fourth-order valence-electron chi connectivity index (χ4n) is 5.57. The number of nitro benzene ring substituents is 3. The predicted molar refractivity (Wildman–Crippen MR) is 226 cm³/mol. The van der Waals surface area contributed by atoms with Crippen molar-refractivity contribution in [2.45, 2.75) is 0 Å². The van der Waals surface area contributed by atoms with Gasteiger partial charge in [-0.25, -0.2) is 0 Å². The molecule has 0 bridgehead atoms. The largest absolute Gasteiger partial charge is 0.454 e. The van der Waals surface area contributed by atoms with Gasteiger partial charge < -0.3 is 68.8 Å². The van der Waals surface area contributed by atoms with Crippen molar-refractivity contribution in [3.63, 3.8) is 0 Å². The third kappa shape index (κ3) is 11.9. The van der Waals surface area contributed by atoms with Crippen LogP contribution in [0.1, 0.15) is 0 Å². The summed E-state index contributed by atoms with van der Waals surface area (Å²) >= 11 is 0. The first kappa shape index (κ1) is 47.4. The van der Waals surface area contributed by atoms with E-state index in [1.54, 1.807) is 24.3 Å². The van der Waals surface area contributed by atoms with Crippen LogP contribution in [0.5, 0.6) is 57.5 Å². The van der Waals surface area contributed by atoms with Gasteiger partial charge in [0.15, 0.2) is 57.5 Å². The first-order chi connectivity index (χ1) is 32.8. The zero-order chi connectivity index (χ0) is 48.7. The molecule has 5 aliphatic heterocycles. The molecule has 0 spiro atoms. The average molecular weight is 950 g/mol. The SMILES string of the molecule is Nc1cc2c(cc1N)OCO2.O=[N+]([O-])c1cc2c(cc1[N+](=O)[O-])OCO2.O=[N+]([O-])c1ccc2c(c1)OCO2.O=c1[nH]c2cc3c(cc2[nH]c1=O)OCO3.OOC#COO.c1ccc2c(c1)OCO2. The van der Waals surface area contributed by atoms with E-state index in [0.717, 1.165) is 23.6 Å². The second-order valence-corrected chi connectivity index (χ2v) is 12.7. The van der Waals surface area contributed by atoms with Crippen molar-refractivity contribution in [3.8, 4) is 69.7 Å². The molecule has 8 N–H and O–H groups in total. The molecule has 0 fully saturated rings. The summed E-state index contributed by atoms with van der Waals surface area (Å²) in [6, 6.07) is 20.4. The minimum atomic E-state index is -0.833. The summed E-state index contributed by atoms with van der Waals surface area (Å²) in [6.45, 7) is 0.807. The fraction of sp³-hybridized carbons (Fsp3) is 0.128. The van der Waals surface area contributed by atoms with E-state index in [0.29, 0.717) is 63.7 Å². The number of non-ortho nitro benzene ring substituents is 1. The number of hydrogen-bond acceptors (Lipinski definition) is 24. The van der Waals surface area contributed by atoms with Crippen LogP contribution in [0, 0.1) is 42.6 Å². The molecule has 0 aliphatic carbocycles. The molecule has 354 valence electrons. The minimum absolute atomic E-state index is 0.0132. The summed E-state index contributed by atoms with van der Waals surface area (Å²) < 4.78 is 50.3. The van der Waals surface area contributed by atoms with Gasteiger partial charge in [0.2, 0.25) is 46.2 Å². The number of aromatic amines is 2. The Morgan fingerprint density at radius 1 is 0.471 bits per heavy atom. The second kappa shape index (κ2) is 22.0. The highest BCUT2D eigenvalue weighted by molar-refractivity contribution is 5.78. The van der Waals surface area contributed by atoms with Crippen LogP contribution in [0.25, 0.3) is 11.0 Å². The first-order valence-electron chi connectivity index (χ1n) is 18.5. The Morgan fingerprint density at radius 2 is 0.794 bits per heavy atom. The Balaban J connectivity index is 0.000000137. The van der Waals surface area contributed by atoms with E-state index in [9.17, 15) is 39.9 Å². The Morgan fingerprint density at radius 3 is 1.15 bits per heavy atom. The van der Waals surface area contributed by atoms with Crippen LogP contribution in [-0.4, -0.2) is 69.2 Å². The van der Waals surface area contributed by atoms with Crippen LogP contribution in [0.3, 0.4) is 0 Å². The number of rotatable bonds is 3. The van der Waals surface area contributed by atoms with Gasteiger partial charge in [-0.15, -0.1) is 0 Å². The fourth-order valence-corrected chi connectivity index (χ4v) is 5.57. The molecular formula is C39H31N7O22. The summed E-state index contributed by atoms with van der Waals surface area (Å²) in [4.78, 5) is 62.5. The van der Waals surface area contributed by atoms with E-state index < -0.39 is 37.3 Å². The highest BCUT2D eigenvalue weighted by Crippen LogP contribution is 2.42. The Labute approximate surface area is 376 Å². The maximum atomic E-state index is 11.1. The van der Waals surface area contributed by atoms with Crippen molar-refractivity contribution in [2.75, 3.05) is 45.4 Å². The van der Waals surface area contributed by atoms with Crippen LogP contribution < -0.4 is 70.0 Å². The van der Waals surface area contributed by atoms with Gasteiger partial charge in [0, 0.05) is 30.3 Å². The number of aromatic nitrogens is 2. The van der Waals surface area contributed by atoms with Crippen LogP contribution >= 0.6 is 0 Å². The normalized spacial score (nSPS) is 12.4. The standard InChI is InChI=1S/C9H6N2O4.C7H4N2O6.C7H8N2O2.C7H5NO4.C7H6O2.C2H2O4/c12-8-9(13)11-5-2-7-6(14-3-15-7)1-4(5)10-8;10-8(11)4-1-6-7(15-3-14-6)2-5(4)9(12)13;8-4-1-6-7(2-5(4)9)11-3-10-6;9-8(10)5-1-2-6-7(3-5)12-4-11-6;1-2-4-7-6(3-1)8-5-9-7;3-5-1-2-6-4/h1-2H,3H2,(H,10,12)(H,11,13);1-2H,3H2;1-2H,3,8-9H2;1-3H,4H2;1-4H,5H2;3-4H. The molecule has 0 saturated carbocycles. The lowest BCUT2D eigenvalue weighted by atomic mass is 10.2. The molecule has 0 radical (unpaired) electrons. The number of nitrogens with zero attached hydrogens (tertiary/aromatic N) is 3. The maximum Gasteiger partial charge on any atom is 0.350 e. The highest BCUT2D eigenvalue weighted by Gasteiger charge is 2.30. The highest BCUT2D eigenvalue weighted by atomic mass is 17.1. The van der Waals surface area contributed by atoms with Gasteiger partial charge in [-0.2, -0.15) is 10.5 Å². The zero-order valence-corrected chi connectivity index (χ0v) is 34.1. The smallest absolute Gasteiger partial charge is 0.350 e. The molecule has 11 rings (SSSR count). The number of nitrogens with one attached hydrogen (secondary N) is 2. The molecule has 29 nitrogen and oxygen atoms in total. The summed E-state index contributed by atoms with van der Waals surface area (Å²) in [7, 11) is 0. The molecule has 0 amide bonds. The van der Waals surface area contributed by atoms with Crippen molar-refractivity contribution in [3.05, 3.63) is 130 Å². The number of nitrogens with two attached hydrogens (primary N) is 2. The zero-order valence-electron chi connectivity index (χ0n) is 34.1. The summed E-state index contributed by atoms with van der Waals surface area (Å²) in [6.07, 6.45) is 3.06. The Kier molecular flexibility index (Phi) is 15.3. The van der Waals surface area contributed by atoms with Crippen LogP contribution in [-0.2, 0) is 9.78 Å². The van der Waals surface area contributed by atoms with E-state index in [1.807, 2.05) is 24.3 Å². The molecule has 0 atom stereocenters. The van der Waals surface area contributed by atoms with Crippen molar-refractivity contribution < 1.29 is 82.4 Å². The number of para-hydroxylation sites is 2.